The molecule has 1 aliphatic rings. The van der Waals surface area contributed by atoms with Crippen LogP contribution in [-0.2, 0) is 0 Å². The molecule has 1 amide bonds. The van der Waals surface area contributed by atoms with Gasteiger partial charge in [-0.05, 0) is 18.2 Å². The summed E-state index contributed by atoms with van der Waals surface area (Å²) in [6, 6.07) is 4.41. The lowest BCUT2D eigenvalue weighted by Gasteiger charge is -2.21. The molecule has 1 atom stereocenters. The molecule has 0 aliphatic carbocycles. The van der Waals surface area contributed by atoms with E-state index in [1.165, 1.54) is 24.0 Å². The predicted molar refractivity (Wildman–Crippen MR) is 78.4 cm³/mol. The van der Waals surface area contributed by atoms with Crippen molar-refractivity contribution in [1.82, 2.24) is 5.32 Å². The smallest absolute Gasteiger partial charge is 0.253 e. The molecule has 1 unspecified atom stereocenters. The molecule has 0 spiro atoms. The highest BCUT2D eigenvalue weighted by molar-refractivity contribution is 8.06. The number of nitrogens with two attached hydrogens (primary N) is 1. The average molecular weight is 284 g/mol. The van der Waals surface area contributed by atoms with Gasteiger partial charge in [0.2, 0.25) is 0 Å². The van der Waals surface area contributed by atoms with E-state index in [4.69, 9.17) is 5.73 Å². The summed E-state index contributed by atoms with van der Waals surface area (Å²) < 4.78 is 0. The summed E-state index contributed by atoms with van der Waals surface area (Å²) in [7, 11) is 0. The van der Waals surface area contributed by atoms with Crippen LogP contribution in [0.1, 0.15) is 10.4 Å². The van der Waals surface area contributed by atoms with Gasteiger partial charge in [0.25, 0.3) is 5.91 Å². The molecular weight excluding hydrogens is 268 g/mol. The normalized spacial score (nSPS) is 19.4. The van der Waals surface area contributed by atoms with E-state index in [0.29, 0.717) is 23.0 Å². The van der Waals surface area contributed by atoms with E-state index >= 15 is 0 Å². The Bertz CT molecular complexity index is 434. The van der Waals surface area contributed by atoms with E-state index in [2.05, 4.69) is 5.32 Å². The van der Waals surface area contributed by atoms with Crippen molar-refractivity contribution in [3.63, 3.8) is 0 Å². The number of nitrogen functional groups attached to an aromatic ring is 1. The minimum absolute atomic E-state index is 0.0527. The zero-order chi connectivity index (χ0) is 13.0. The van der Waals surface area contributed by atoms with Crippen molar-refractivity contribution in [2.24, 2.45) is 0 Å². The lowest BCUT2D eigenvalue weighted by molar-refractivity contribution is 0.0954. The molecule has 6 heteroatoms. The Kier molecular flexibility index (Phi) is 4.66. The molecule has 0 radical (unpaired) electrons. The van der Waals surface area contributed by atoms with Crippen LogP contribution in [0.2, 0.25) is 0 Å². The van der Waals surface area contributed by atoms with Crippen molar-refractivity contribution in [2.45, 2.75) is 5.25 Å². The van der Waals surface area contributed by atoms with Crippen molar-refractivity contribution in [2.75, 3.05) is 29.5 Å². The largest absolute Gasteiger partial charge is 0.508 e. The van der Waals surface area contributed by atoms with Crippen LogP contribution in [0, 0.1) is 0 Å². The van der Waals surface area contributed by atoms with Gasteiger partial charge in [-0.1, -0.05) is 0 Å². The zero-order valence-electron chi connectivity index (χ0n) is 9.89. The minimum Gasteiger partial charge on any atom is -0.508 e. The number of rotatable bonds is 3. The van der Waals surface area contributed by atoms with Crippen LogP contribution in [0.4, 0.5) is 5.69 Å². The van der Waals surface area contributed by atoms with Crippen molar-refractivity contribution in [3.8, 4) is 5.75 Å². The first-order valence-corrected chi connectivity index (χ1v) is 7.93. The number of hydrogen-bond acceptors (Lipinski definition) is 5. The van der Waals surface area contributed by atoms with Gasteiger partial charge in [-0.3, -0.25) is 4.79 Å². The number of carbonyl (C=O) groups is 1. The summed E-state index contributed by atoms with van der Waals surface area (Å²) in [6.45, 7) is 0.644. The maximum Gasteiger partial charge on any atom is 0.253 e. The van der Waals surface area contributed by atoms with Crippen molar-refractivity contribution < 1.29 is 9.90 Å². The van der Waals surface area contributed by atoms with Gasteiger partial charge in [-0.15, -0.1) is 0 Å². The summed E-state index contributed by atoms with van der Waals surface area (Å²) >= 11 is 3.81. The second-order valence-electron chi connectivity index (χ2n) is 4.05. The second-order valence-corrected chi connectivity index (χ2v) is 6.61. The number of nitrogens with one attached hydrogen (secondary N) is 1. The lowest BCUT2D eigenvalue weighted by atomic mass is 10.1. The fraction of sp³-hybridized carbons (Fsp3) is 0.417. The summed E-state index contributed by atoms with van der Waals surface area (Å²) in [5.74, 6) is 3.23. The predicted octanol–water partition coefficient (Wildman–Crippen LogP) is 1.55. The summed E-state index contributed by atoms with van der Waals surface area (Å²) in [5, 5.41) is 12.7. The van der Waals surface area contributed by atoms with Gasteiger partial charge in [0.1, 0.15) is 5.75 Å². The molecule has 0 saturated carbocycles. The maximum atomic E-state index is 11.9. The van der Waals surface area contributed by atoms with E-state index in [-0.39, 0.29) is 11.7 Å². The molecule has 0 aromatic heterocycles. The van der Waals surface area contributed by atoms with E-state index in [9.17, 15) is 9.90 Å². The molecule has 0 bridgehead atoms. The molecule has 1 aromatic carbocycles. The molecule has 1 saturated heterocycles. The first-order valence-electron chi connectivity index (χ1n) is 5.73. The monoisotopic (exact) mass is 284 g/mol. The number of hydrogen-bond donors (Lipinski definition) is 3. The van der Waals surface area contributed by atoms with Crippen LogP contribution in [0.5, 0.6) is 5.75 Å². The van der Waals surface area contributed by atoms with Crippen molar-refractivity contribution in [1.29, 1.82) is 0 Å². The maximum absolute atomic E-state index is 11.9. The van der Waals surface area contributed by atoms with Gasteiger partial charge < -0.3 is 16.2 Å². The van der Waals surface area contributed by atoms with Gasteiger partial charge in [-0.25, -0.2) is 0 Å². The molecule has 1 aromatic rings. The van der Waals surface area contributed by atoms with Crippen molar-refractivity contribution >= 4 is 35.1 Å². The average Bonchev–Trinajstić information content (AvgIpc) is 2.40. The number of phenols is 1. The van der Waals surface area contributed by atoms with Gasteiger partial charge in [0, 0.05) is 34.7 Å². The molecule has 18 heavy (non-hydrogen) atoms. The Hall–Kier alpha value is -1.01. The highest BCUT2D eigenvalue weighted by Crippen LogP contribution is 2.23. The Balaban J connectivity index is 1.92. The third kappa shape index (κ3) is 3.49. The van der Waals surface area contributed by atoms with E-state index in [1.807, 2.05) is 23.5 Å². The number of benzene rings is 1. The number of thioether (sulfide) groups is 2. The SMILES string of the molecule is Nc1ccc(O)cc1C(=O)NCC1CSCCS1. The highest BCUT2D eigenvalue weighted by Gasteiger charge is 2.16. The van der Waals surface area contributed by atoms with Crippen LogP contribution in [0.25, 0.3) is 0 Å². The molecular formula is C12H16N2O2S2. The molecule has 1 heterocycles. The number of amides is 1. The molecule has 1 aliphatic heterocycles. The fourth-order valence-corrected chi connectivity index (χ4v) is 4.31. The number of aromatic hydroxyl groups is 1. The number of phenolic OH excluding ortho intramolecular Hbond substituents is 1. The standard InChI is InChI=1S/C12H16N2O2S2/c13-11-2-1-8(15)5-10(11)12(16)14-6-9-7-17-3-4-18-9/h1-2,5,9,15H,3-4,6-7,13H2,(H,14,16). The quantitative estimate of drug-likeness (QED) is 0.580. The first-order chi connectivity index (χ1) is 8.66. The minimum atomic E-state index is -0.223. The van der Waals surface area contributed by atoms with Gasteiger partial charge in [-0.2, -0.15) is 23.5 Å². The lowest BCUT2D eigenvalue weighted by Crippen LogP contribution is -2.33. The molecule has 4 N–H and O–H groups in total. The van der Waals surface area contributed by atoms with Crippen LogP contribution >= 0.6 is 23.5 Å². The molecule has 1 fully saturated rings. The first kappa shape index (κ1) is 13.4. The van der Waals surface area contributed by atoms with Gasteiger partial charge >= 0.3 is 0 Å². The summed E-state index contributed by atoms with van der Waals surface area (Å²) in [6.07, 6.45) is 0. The Morgan fingerprint density at radius 2 is 2.33 bits per heavy atom. The van der Waals surface area contributed by atoms with E-state index in [0.717, 1.165) is 11.5 Å². The molecule has 98 valence electrons. The van der Waals surface area contributed by atoms with E-state index < -0.39 is 0 Å². The van der Waals surface area contributed by atoms with Gasteiger partial charge in [0.05, 0.1) is 5.56 Å². The van der Waals surface area contributed by atoms with Gasteiger partial charge in [0.15, 0.2) is 0 Å². The third-order valence-corrected chi connectivity index (χ3v) is 5.50. The number of anilines is 1. The molecule has 2 rings (SSSR count). The third-order valence-electron chi connectivity index (χ3n) is 2.66. The molecule has 4 nitrogen and oxygen atoms in total. The Morgan fingerprint density at radius 3 is 3.06 bits per heavy atom. The van der Waals surface area contributed by atoms with Crippen molar-refractivity contribution in [3.05, 3.63) is 23.8 Å². The Morgan fingerprint density at radius 1 is 1.50 bits per heavy atom. The van der Waals surface area contributed by atoms with Crippen LogP contribution in [-0.4, -0.2) is 40.1 Å². The second kappa shape index (κ2) is 6.24. The van der Waals surface area contributed by atoms with Crippen LogP contribution in [0.3, 0.4) is 0 Å². The van der Waals surface area contributed by atoms with Crippen LogP contribution in [0.15, 0.2) is 18.2 Å². The van der Waals surface area contributed by atoms with E-state index in [1.54, 1.807) is 0 Å². The van der Waals surface area contributed by atoms with Crippen LogP contribution < -0.4 is 11.1 Å². The summed E-state index contributed by atoms with van der Waals surface area (Å²) in [4.78, 5) is 11.9. The Labute approximate surface area is 115 Å². The topological polar surface area (TPSA) is 75.3 Å². The summed E-state index contributed by atoms with van der Waals surface area (Å²) in [5.41, 5.74) is 6.44. The fourth-order valence-electron chi connectivity index (χ4n) is 1.70. The number of carbonyl (C=O) groups excluding carboxylic acids is 1. The zero-order valence-corrected chi connectivity index (χ0v) is 11.5. The highest BCUT2D eigenvalue weighted by atomic mass is 32.2.